The Labute approximate surface area is 165 Å². The van der Waals surface area contributed by atoms with E-state index in [1.807, 2.05) is 36.4 Å². The lowest BCUT2D eigenvalue weighted by Gasteiger charge is -2.33. The van der Waals surface area contributed by atoms with E-state index in [4.69, 9.17) is 4.74 Å². The quantitative estimate of drug-likeness (QED) is 0.732. The number of carbonyl (C=O) groups excluding carboxylic acids is 2. The van der Waals surface area contributed by atoms with Gasteiger partial charge in [-0.3, -0.25) is 14.5 Å². The predicted molar refractivity (Wildman–Crippen MR) is 108 cm³/mol. The summed E-state index contributed by atoms with van der Waals surface area (Å²) in [5.41, 5.74) is 1.87. The molecular weight excluding hydrogens is 354 g/mol. The second-order valence-electron chi connectivity index (χ2n) is 6.89. The lowest BCUT2D eigenvalue weighted by atomic mass is 10.2. The number of amides is 2. The van der Waals surface area contributed by atoms with Gasteiger partial charge in [-0.05, 0) is 17.7 Å². The molecule has 2 aromatic rings. The Kier molecular flexibility index (Phi) is 7.58. The number of hydrogen-bond acceptors (Lipinski definition) is 4. The number of ether oxygens (including phenoxy) is 1. The maximum Gasteiger partial charge on any atom is 0.251 e. The maximum absolute atomic E-state index is 12.0. The van der Waals surface area contributed by atoms with Crippen LogP contribution in [-0.2, 0) is 16.1 Å². The number of nitrogens with one attached hydrogen (secondary N) is 2. The van der Waals surface area contributed by atoms with Gasteiger partial charge in [-0.25, -0.2) is 0 Å². The van der Waals surface area contributed by atoms with Gasteiger partial charge in [0.25, 0.3) is 5.91 Å². The van der Waals surface area contributed by atoms with Crippen molar-refractivity contribution >= 4 is 11.8 Å². The van der Waals surface area contributed by atoms with Gasteiger partial charge in [-0.15, -0.1) is 0 Å². The molecule has 1 heterocycles. The number of hydrogen-bond donors (Lipinski definition) is 2. The van der Waals surface area contributed by atoms with Crippen molar-refractivity contribution in [2.24, 2.45) is 0 Å². The van der Waals surface area contributed by atoms with Gasteiger partial charge in [0.15, 0.2) is 0 Å². The molecule has 1 saturated heterocycles. The van der Waals surface area contributed by atoms with Crippen LogP contribution in [-0.4, -0.2) is 55.6 Å². The van der Waals surface area contributed by atoms with Gasteiger partial charge in [0.1, 0.15) is 0 Å². The van der Waals surface area contributed by atoms with E-state index < -0.39 is 0 Å². The summed E-state index contributed by atoms with van der Waals surface area (Å²) in [4.78, 5) is 26.3. The van der Waals surface area contributed by atoms with E-state index in [0.29, 0.717) is 25.3 Å². The normalized spacial score (nSPS) is 17.1. The highest BCUT2D eigenvalue weighted by Crippen LogP contribution is 2.10. The molecule has 6 nitrogen and oxygen atoms in total. The van der Waals surface area contributed by atoms with Crippen molar-refractivity contribution in [1.82, 2.24) is 15.5 Å². The molecule has 28 heavy (non-hydrogen) atoms. The molecule has 6 heteroatoms. The molecule has 1 aliphatic rings. The SMILES string of the molecule is O=C(CCNC(=O)c1ccccc1)NCC1CN(Cc2ccccc2)CCO1. The molecule has 1 unspecified atom stereocenters. The van der Waals surface area contributed by atoms with E-state index >= 15 is 0 Å². The fraction of sp³-hybridized carbons (Fsp3) is 0.364. The molecule has 148 valence electrons. The van der Waals surface area contributed by atoms with E-state index in [1.54, 1.807) is 12.1 Å². The molecule has 0 bridgehead atoms. The Balaban J connectivity index is 1.33. The Morgan fingerprint density at radius 1 is 1.00 bits per heavy atom. The van der Waals surface area contributed by atoms with Crippen molar-refractivity contribution < 1.29 is 14.3 Å². The van der Waals surface area contributed by atoms with Crippen LogP contribution in [0.4, 0.5) is 0 Å². The Bertz CT molecular complexity index is 752. The highest BCUT2D eigenvalue weighted by atomic mass is 16.5. The van der Waals surface area contributed by atoms with Crippen LogP contribution < -0.4 is 10.6 Å². The van der Waals surface area contributed by atoms with Gasteiger partial charge in [0.05, 0.1) is 12.7 Å². The summed E-state index contributed by atoms with van der Waals surface area (Å²) < 4.78 is 5.77. The summed E-state index contributed by atoms with van der Waals surface area (Å²) >= 11 is 0. The predicted octanol–water partition coefficient (Wildman–Crippen LogP) is 1.82. The number of benzene rings is 2. The van der Waals surface area contributed by atoms with Crippen LogP contribution in [0, 0.1) is 0 Å². The summed E-state index contributed by atoms with van der Waals surface area (Å²) in [5.74, 6) is -0.252. The Morgan fingerprint density at radius 2 is 1.71 bits per heavy atom. The molecule has 1 fully saturated rings. The molecule has 0 radical (unpaired) electrons. The maximum atomic E-state index is 12.0. The van der Waals surface area contributed by atoms with Crippen LogP contribution in [0.25, 0.3) is 0 Å². The summed E-state index contributed by atoms with van der Waals surface area (Å²) in [6.07, 6.45) is 0.235. The van der Waals surface area contributed by atoms with Crippen molar-refractivity contribution in [3.05, 3.63) is 71.8 Å². The van der Waals surface area contributed by atoms with Gasteiger partial charge in [-0.2, -0.15) is 0 Å². The Hall–Kier alpha value is -2.70. The molecule has 1 aliphatic heterocycles. The highest BCUT2D eigenvalue weighted by Gasteiger charge is 2.21. The molecule has 3 rings (SSSR count). The first-order valence-corrected chi connectivity index (χ1v) is 9.68. The average molecular weight is 381 g/mol. The van der Waals surface area contributed by atoms with Crippen molar-refractivity contribution in [3.8, 4) is 0 Å². The molecule has 0 aromatic heterocycles. The van der Waals surface area contributed by atoms with Gasteiger partial charge in [-0.1, -0.05) is 48.5 Å². The smallest absolute Gasteiger partial charge is 0.251 e. The molecule has 2 N–H and O–H groups in total. The van der Waals surface area contributed by atoms with Crippen LogP contribution in [0.3, 0.4) is 0 Å². The minimum Gasteiger partial charge on any atom is -0.374 e. The van der Waals surface area contributed by atoms with Gasteiger partial charge in [0, 0.05) is 44.7 Å². The molecule has 0 spiro atoms. The number of carbonyl (C=O) groups is 2. The van der Waals surface area contributed by atoms with Crippen LogP contribution in [0.1, 0.15) is 22.3 Å². The molecule has 2 aromatic carbocycles. The lowest BCUT2D eigenvalue weighted by Crippen LogP contribution is -2.47. The first kappa shape index (κ1) is 20.0. The molecule has 0 saturated carbocycles. The van der Waals surface area contributed by atoms with E-state index in [-0.39, 0.29) is 24.3 Å². The zero-order valence-corrected chi connectivity index (χ0v) is 16.0. The number of morpholine rings is 1. The van der Waals surface area contributed by atoms with Crippen molar-refractivity contribution in [2.45, 2.75) is 19.1 Å². The van der Waals surface area contributed by atoms with E-state index in [2.05, 4.69) is 27.7 Å². The first-order chi connectivity index (χ1) is 13.7. The third kappa shape index (κ3) is 6.48. The minimum absolute atomic E-state index is 0.0136. The third-order valence-electron chi connectivity index (χ3n) is 4.67. The molecule has 0 aliphatic carbocycles. The van der Waals surface area contributed by atoms with Crippen LogP contribution >= 0.6 is 0 Å². The van der Waals surface area contributed by atoms with Crippen molar-refractivity contribution in [2.75, 3.05) is 32.8 Å². The summed E-state index contributed by atoms with van der Waals surface area (Å²) in [6.45, 7) is 4.04. The number of nitrogens with zero attached hydrogens (tertiary/aromatic N) is 1. The first-order valence-electron chi connectivity index (χ1n) is 9.68. The van der Waals surface area contributed by atoms with Gasteiger partial charge in [0.2, 0.25) is 5.91 Å². The van der Waals surface area contributed by atoms with Gasteiger partial charge >= 0.3 is 0 Å². The zero-order chi connectivity index (χ0) is 19.6. The topological polar surface area (TPSA) is 70.7 Å². The largest absolute Gasteiger partial charge is 0.374 e. The van der Waals surface area contributed by atoms with E-state index in [9.17, 15) is 9.59 Å². The molecular formula is C22H27N3O3. The van der Waals surface area contributed by atoms with Crippen LogP contribution in [0.15, 0.2) is 60.7 Å². The number of rotatable bonds is 8. The zero-order valence-electron chi connectivity index (χ0n) is 16.0. The van der Waals surface area contributed by atoms with Gasteiger partial charge < -0.3 is 15.4 Å². The second kappa shape index (κ2) is 10.6. The molecule has 1 atom stereocenters. The lowest BCUT2D eigenvalue weighted by molar-refractivity contribution is -0.122. The van der Waals surface area contributed by atoms with Crippen molar-refractivity contribution in [1.29, 1.82) is 0 Å². The highest BCUT2D eigenvalue weighted by molar-refractivity contribution is 5.94. The van der Waals surface area contributed by atoms with Crippen LogP contribution in [0.5, 0.6) is 0 Å². The summed E-state index contributed by atoms with van der Waals surface area (Å²) in [6, 6.07) is 19.3. The summed E-state index contributed by atoms with van der Waals surface area (Å²) in [5, 5.41) is 5.67. The molecule has 2 amide bonds. The fourth-order valence-electron chi connectivity index (χ4n) is 3.19. The fourth-order valence-corrected chi connectivity index (χ4v) is 3.19. The standard InChI is InChI=1S/C22H27N3O3/c26-21(11-12-23-22(27)19-9-5-2-6-10-19)24-15-20-17-25(13-14-28-20)16-18-7-3-1-4-8-18/h1-10,20H,11-17H2,(H,23,27)(H,24,26). The Morgan fingerprint density at radius 3 is 2.46 bits per heavy atom. The van der Waals surface area contributed by atoms with Crippen molar-refractivity contribution in [3.63, 3.8) is 0 Å². The van der Waals surface area contributed by atoms with E-state index in [1.165, 1.54) is 5.56 Å². The summed E-state index contributed by atoms with van der Waals surface area (Å²) in [7, 11) is 0. The van der Waals surface area contributed by atoms with E-state index in [0.717, 1.165) is 19.6 Å². The average Bonchev–Trinajstić information content (AvgIpc) is 2.74. The van der Waals surface area contributed by atoms with Crippen LogP contribution in [0.2, 0.25) is 0 Å². The second-order valence-corrected chi connectivity index (χ2v) is 6.89. The third-order valence-corrected chi connectivity index (χ3v) is 4.67. The minimum atomic E-state index is -0.166. The monoisotopic (exact) mass is 381 g/mol.